The normalized spacial score (nSPS) is 14.8. The molecule has 0 saturated carbocycles. The van der Waals surface area contributed by atoms with Crippen LogP contribution in [0.2, 0.25) is 10.0 Å². The zero-order chi connectivity index (χ0) is 24.6. The smallest absolute Gasteiger partial charge is 0.355 e. The van der Waals surface area contributed by atoms with Gasteiger partial charge in [0.05, 0.1) is 42.2 Å². The Bertz CT molecular complexity index is 1690. The Kier molecular flexibility index (Phi) is 5.23. The molecule has 1 aliphatic rings. The lowest BCUT2D eigenvalue weighted by molar-refractivity contribution is 0.0687. The van der Waals surface area contributed by atoms with Crippen molar-refractivity contribution in [3.8, 4) is 27.8 Å². The highest BCUT2D eigenvalue weighted by molar-refractivity contribution is 8.01. The summed E-state index contributed by atoms with van der Waals surface area (Å²) in [5, 5.41) is 16.4. The first-order valence-electron chi connectivity index (χ1n) is 10.7. The van der Waals surface area contributed by atoms with Crippen molar-refractivity contribution >= 4 is 63.3 Å². The standard InChI is InChI=1S/C24H17Cl2N5O2S2/c1-10-18(21-27-16-6-4-5-7-17(16)30(21)3)20(22(32)33)31(29-10)24-28-19-13-9-15(26)14(25)8-12(13)11(2)34-23(19)35-24/h4-9,11H,1-3H3,(H,32,33). The van der Waals surface area contributed by atoms with Crippen LogP contribution in [0.5, 0.6) is 0 Å². The Morgan fingerprint density at radius 1 is 1.14 bits per heavy atom. The number of para-hydroxylation sites is 2. The molecule has 0 bridgehead atoms. The Balaban J connectivity index is 1.56. The molecule has 5 aromatic rings. The van der Waals surface area contributed by atoms with E-state index in [4.69, 9.17) is 33.2 Å². The first kappa shape index (κ1) is 22.6. The number of thioether (sulfide) groups is 1. The van der Waals surface area contributed by atoms with E-state index in [1.165, 1.54) is 16.0 Å². The van der Waals surface area contributed by atoms with Crippen molar-refractivity contribution in [3.05, 3.63) is 63.4 Å². The van der Waals surface area contributed by atoms with Crippen molar-refractivity contribution < 1.29 is 9.90 Å². The first-order valence-corrected chi connectivity index (χ1v) is 13.1. The van der Waals surface area contributed by atoms with E-state index < -0.39 is 5.97 Å². The van der Waals surface area contributed by atoms with Gasteiger partial charge in [0.2, 0.25) is 5.13 Å². The third-order valence-corrected chi connectivity index (χ3v) is 9.21. The minimum absolute atomic E-state index is 0.0272. The summed E-state index contributed by atoms with van der Waals surface area (Å²) < 4.78 is 4.28. The van der Waals surface area contributed by atoms with Crippen molar-refractivity contribution in [2.24, 2.45) is 7.05 Å². The number of aromatic carboxylic acids is 1. The number of fused-ring (bicyclic) bond motifs is 4. The van der Waals surface area contributed by atoms with Gasteiger partial charge in [-0.3, -0.25) is 0 Å². The average molecular weight is 542 g/mol. The molecule has 2 aromatic carbocycles. The second kappa shape index (κ2) is 8.09. The topological polar surface area (TPSA) is 85.8 Å². The molecule has 35 heavy (non-hydrogen) atoms. The fourth-order valence-corrected chi connectivity index (χ4v) is 7.33. The molecule has 1 unspecified atom stereocenters. The van der Waals surface area contributed by atoms with Crippen LogP contribution in [0, 0.1) is 6.92 Å². The number of carboxylic acid groups (broad SMARTS) is 1. The molecule has 11 heteroatoms. The molecule has 7 nitrogen and oxygen atoms in total. The van der Waals surface area contributed by atoms with Crippen LogP contribution in [0.4, 0.5) is 0 Å². The highest BCUT2D eigenvalue weighted by atomic mass is 35.5. The van der Waals surface area contributed by atoms with Gasteiger partial charge in [0.25, 0.3) is 0 Å². The van der Waals surface area contributed by atoms with Gasteiger partial charge in [0.15, 0.2) is 5.69 Å². The van der Waals surface area contributed by atoms with E-state index in [9.17, 15) is 9.90 Å². The van der Waals surface area contributed by atoms with E-state index in [1.54, 1.807) is 18.7 Å². The zero-order valence-electron chi connectivity index (χ0n) is 18.7. The van der Waals surface area contributed by atoms with E-state index in [0.717, 1.165) is 32.1 Å². The molecule has 0 fully saturated rings. The van der Waals surface area contributed by atoms with E-state index in [2.05, 4.69) is 12.0 Å². The van der Waals surface area contributed by atoms with Gasteiger partial charge in [0, 0.05) is 17.9 Å². The molecule has 1 aliphatic heterocycles. The minimum atomic E-state index is -1.10. The highest BCUT2D eigenvalue weighted by Gasteiger charge is 2.32. The lowest BCUT2D eigenvalue weighted by atomic mass is 10.0. The summed E-state index contributed by atoms with van der Waals surface area (Å²) in [7, 11) is 1.87. The number of halogens is 2. The maximum absolute atomic E-state index is 12.5. The summed E-state index contributed by atoms with van der Waals surface area (Å²) in [6.07, 6.45) is 0. The second-order valence-electron chi connectivity index (χ2n) is 8.26. The third kappa shape index (κ3) is 3.41. The fourth-order valence-electron chi connectivity index (χ4n) is 4.46. The fraction of sp³-hybridized carbons (Fsp3) is 0.167. The molecule has 0 saturated heterocycles. The summed E-state index contributed by atoms with van der Waals surface area (Å²) in [5.41, 5.74) is 5.47. The van der Waals surface area contributed by atoms with Crippen molar-refractivity contribution in [1.29, 1.82) is 0 Å². The molecular weight excluding hydrogens is 525 g/mol. The summed E-state index contributed by atoms with van der Waals surface area (Å²) >= 11 is 15.7. The minimum Gasteiger partial charge on any atom is -0.476 e. The van der Waals surface area contributed by atoms with Crippen LogP contribution in [-0.4, -0.2) is 35.4 Å². The lowest BCUT2D eigenvalue weighted by Gasteiger charge is -2.21. The SMILES string of the molecule is Cc1nn(-c2nc3c(s2)SC(C)c2cc(Cl)c(Cl)cc2-3)c(C(=O)O)c1-c1nc2ccccc2n1C. The van der Waals surface area contributed by atoms with E-state index in [1.807, 2.05) is 48.0 Å². The van der Waals surface area contributed by atoms with Crippen LogP contribution in [0.1, 0.15) is 33.9 Å². The number of nitrogens with zero attached hydrogens (tertiary/aromatic N) is 5. The largest absolute Gasteiger partial charge is 0.476 e. The van der Waals surface area contributed by atoms with Gasteiger partial charge >= 0.3 is 5.97 Å². The number of aryl methyl sites for hydroxylation is 2. The summed E-state index contributed by atoms with van der Waals surface area (Å²) in [4.78, 5) is 22.1. The summed E-state index contributed by atoms with van der Waals surface area (Å²) in [5.74, 6) is -0.555. The number of rotatable bonds is 3. The molecule has 4 heterocycles. The predicted octanol–water partition coefficient (Wildman–Crippen LogP) is 7.03. The molecular formula is C24H17Cl2N5O2S2. The molecule has 1 atom stereocenters. The molecule has 0 radical (unpaired) electrons. The average Bonchev–Trinajstić information content (AvgIpc) is 3.48. The number of carboxylic acids is 1. The Hall–Kier alpha value is -2.85. The molecule has 0 spiro atoms. The number of aromatic nitrogens is 5. The number of hydrogen-bond donors (Lipinski definition) is 1. The molecule has 0 aliphatic carbocycles. The lowest BCUT2D eigenvalue weighted by Crippen LogP contribution is -2.10. The monoisotopic (exact) mass is 541 g/mol. The van der Waals surface area contributed by atoms with Crippen molar-refractivity contribution in [2.75, 3.05) is 0 Å². The van der Waals surface area contributed by atoms with Gasteiger partial charge in [-0.2, -0.15) is 9.78 Å². The van der Waals surface area contributed by atoms with Crippen LogP contribution < -0.4 is 0 Å². The number of carbonyl (C=O) groups is 1. The molecule has 3 aromatic heterocycles. The van der Waals surface area contributed by atoms with Crippen molar-refractivity contribution in [3.63, 3.8) is 0 Å². The Labute approximate surface area is 218 Å². The van der Waals surface area contributed by atoms with Gasteiger partial charge in [0.1, 0.15) is 5.82 Å². The summed E-state index contributed by atoms with van der Waals surface area (Å²) in [6, 6.07) is 11.4. The molecule has 0 amide bonds. The predicted molar refractivity (Wildman–Crippen MR) is 140 cm³/mol. The van der Waals surface area contributed by atoms with Crippen molar-refractivity contribution in [2.45, 2.75) is 23.3 Å². The van der Waals surface area contributed by atoms with Gasteiger partial charge in [-0.25, -0.2) is 14.8 Å². The van der Waals surface area contributed by atoms with E-state index in [-0.39, 0.29) is 10.9 Å². The summed E-state index contributed by atoms with van der Waals surface area (Å²) in [6.45, 7) is 3.89. The van der Waals surface area contributed by atoms with Crippen LogP contribution in [0.3, 0.4) is 0 Å². The van der Waals surface area contributed by atoms with Gasteiger partial charge < -0.3 is 9.67 Å². The Morgan fingerprint density at radius 3 is 2.63 bits per heavy atom. The van der Waals surface area contributed by atoms with Crippen molar-refractivity contribution in [1.82, 2.24) is 24.3 Å². The van der Waals surface area contributed by atoms with Gasteiger partial charge in [-0.15, -0.1) is 11.8 Å². The Morgan fingerprint density at radius 2 is 1.89 bits per heavy atom. The maximum atomic E-state index is 12.5. The van der Waals surface area contributed by atoms with Crippen LogP contribution in [0.25, 0.3) is 38.8 Å². The second-order valence-corrected chi connectivity index (χ2v) is 11.7. The number of benzene rings is 2. The van der Waals surface area contributed by atoms with Crippen LogP contribution in [0.15, 0.2) is 40.6 Å². The molecule has 6 rings (SSSR count). The van der Waals surface area contributed by atoms with Gasteiger partial charge in [-0.1, -0.05) is 46.7 Å². The van der Waals surface area contributed by atoms with E-state index >= 15 is 0 Å². The van der Waals surface area contributed by atoms with Crippen LogP contribution >= 0.6 is 46.3 Å². The quantitative estimate of drug-likeness (QED) is 0.264. The first-order chi connectivity index (χ1) is 16.7. The number of hydrogen-bond acceptors (Lipinski definition) is 6. The highest BCUT2D eigenvalue weighted by Crippen LogP contribution is 2.53. The van der Waals surface area contributed by atoms with Crippen LogP contribution in [-0.2, 0) is 7.05 Å². The van der Waals surface area contributed by atoms with Gasteiger partial charge in [-0.05, 0) is 43.7 Å². The zero-order valence-corrected chi connectivity index (χ0v) is 21.9. The third-order valence-electron chi connectivity index (χ3n) is 6.11. The number of imidazole rings is 1. The van der Waals surface area contributed by atoms with E-state index in [0.29, 0.717) is 32.3 Å². The molecule has 176 valence electrons. The number of thiazole rings is 1. The maximum Gasteiger partial charge on any atom is 0.355 e. The molecule has 1 N–H and O–H groups in total.